The Bertz CT molecular complexity index is 2180. The first kappa shape index (κ1) is 36.2. The SMILES string of the molecule is CC(=CC(=O)c1ccccc1)OC(=O)[C@H](CSC(c1ccccc1)(c1ccccc1)c1ccccc1)NC(=O)OCc1cccc2c1Cc1ccccc1-2. The highest BCUT2D eigenvalue weighted by Crippen LogP contribution is 2.48. The molecular formula is C47H39NO5S. The van der Waals surface area contributed by atoms with Crippen LogP contribution in [0.25, 0.3) is 11.1 Å². The standard InChI is InChI=1S/C47H39NO5S/c1-33(29-44(49)34-17-6-2-7-18-34)53-45(50)43(48-46(51)52-31-36-20-16-28-41-40-27-15-14-19-35(40)30-42(36)41)32-54-47(37-21-8-3-9-22-37,38-23-10-4-11-24-38)39-25-12-5-13-26-39/h2-29,43H,30-32H2,1H3,(H,48,51)/t43-/m0/s1. The number of carbonyl (C=O) groups is 3. The maximum atomic E-state index is 14.0. The summed E-state index contributed by atoms with van der Waals surface area (Å²) in [5, 5.41) is 2.82. The van der Waals surface area contributed by atoms with Crippen LogP contribution in [0, 0.1) is 0 Å². The fourth-order valence-corrected chi connectivity index (χ4v) is 8.51. The number of rotatable bonds is 13. The first-order valence-electron chi connectivity index (χ1n) is 17.8. The molecule has 0 heterocycles. The van der Waals surface area contributed by atoms with Gasteiger partial charge in [-0.2, -0.15) is 0 Å². The van der Waals surface area contributed by atoms with E-state index in [4.69, 9.17) is 9.47 Å². The Balaban J connectivity index is 1.17. The number of carbonyl (C=O) groups excluding carboxylic acids is 3. The molecule has 1 amide bonds. The van der Waals surface area contributed by atoms with Crippen molar-refractivity contribution in [3.63, 3.8) is 0 Å². The summed E-state index contributed by atoms with van der Waals surface area (Å²) in [6, 6.07) is 52.2. The van der Waals surface area contributed by atoms with Gasteiger partial charge in [-0.3, -0.25) is 4.79 Å². The second-order valence-corrected chi connectivity index (χ2v) is 14.3. The van der Waals surface area contributed by atoms with E-state index in [2.05, 4.69) is 59.9 Å². The number of nitrogens with one attached hydrogen (secondary N) is 1. The number of ketones is 1. The van der Waals surface area contributed by atoms with Gasteiger partial charge in [-0.1, -0.05) is 164 Å². The molecule has 7 heteroatoms. The average Bonchev–Trinajstić information content (AvgIpc) is 3.61. The molecule has 7 rings (SSSR count). The van der Waals surface area contributed by atoms with Crippen LogP contribution < -0.4 is 5.32 Å². The maximum Gasteiger partial charge on any atom is 0.408 e. The molecule has 6 aromatic rings. The molecule has 0 aromatic heterocycles. The minimum Gasteiger partial charge on any atom is -0.445 e. The largest absolute Gasteiger partial charge is 0.445 e. The minimum absolute atomic E-state index is 0.0321. The predicted molar refractivity (Wildman–Crippen MR) is 214 cm³/mol. The first-order chi connectivity index (χ1) is 26.4. The van der Waals surface area contributed by atoms with E-state index < -0.39 is 22.9 Å². The minimum atomic E-state index is -1.14. The van der Waals surface area contributed by atoms with Crippen LogP contribution in [0.5, 0.6) is 0 Å². The lowest BCUT2D eigenvalue weighted by Gasteiger charge is -2.36. The van der Waals surface area contributed by atoms with Crippen molar-refractivity contribution in [2.75, 3.05) is 5.75 Å². The third kappa shape index (κ3) is 7.92. The van der Waals surface area contributed by atoms with Gasteiger partial charge in [0, 0.05) is 17.4 Å². The molecule has 0 saturated carbocycles. The van der Waals surface area contributed by atoms with Gasteiger partial charge in [0.05, 0.1) is 4.75 Å². The summed E-state index contributed by atoms with van der Waals surface area (Å²) >= 11 is 1.51. The molecule has 0 spiro atoms. The third-order valence-electron chi connectivity index (χ3n) is 9.54. The summed E-state index contributed by atoms with van der Waals surface area (Å²) in [6.45, 7) is 1.59. The van der Waals surface area contributed by atoms with Gasteiger partial charge in [0.25, 0.3) is 0 Å². The predicted octanol–water partition coefficient (Wildman–Crippen LogP) is 9.91. The zero-order valence-electron chi connectivity index (χ0n) is 29.8. The Morgan fingerprint density at radius 3 is 1.83 bits per heavy atom. The van der Waals surface area contributed by atoms with Crippen LogP contribution in [0.15, 0.2) is 176 Å². The van der Waals surface area contributed by atoms with Crippen LogP contribution in [0.1, 0.15) is 50.7 Å². The monoisotopic (exact) mass is 729 g/mol. The second-order valence-electron chi connectivity index (χ2n) is 13.0. The fraction of sp³-hybridized carbons (Fsp3) is 0.128. The summed E-state index contributed by atoms with van der Waals surface area (Å²) in [4.78, 5) is 40.6. The topological polar surface area (TPSA) is 81.7 Å². The Morgan fingerprint density at radius 2 is 1.22 bits per heavy atom. The summed E-state index contributed by atoms with van der Waals surface area (Å²) < 4.78 is 10.8. The van der Waals surface area contributed by atoms with Crippen LogP contribution in [0.2, 0.25) is 0 Å². The highest BCUT2D eigenvalue weighted by atomic mass is 32.2. The number of hydrogen-bond acceptors (Lipinski definition) is 6. The molecule has 268 valence electrons. The van der Waals surface area contributed by atoms with Crippen LogP contribution in [-0.4, -0.2) is 29.6 Å². The third-order valence-corrected chi connectivity index (χ3v) is 11.2. The Hall–Kier alpha value is -6.18. The van der Waals surface area contributed by atoms with Crippen LogP contribution in [0.3, 0.4) is 0 Å². The van der Waals surface area contributed by atoms with Gasteiger partial charge >= 0.3 is 12.1 Å². The van der Waals surface area contributed by atoms with E-state index in [-0.39, 0.29) is 23.9 Å². The number of benzene rings is 6. The van der Waals surface area contributed by atoms with Crippen LogP contribution >= 0.6 is 11.8 Å². The first-order valence-corrected chi connectivity index (χ1v) is 18.8. The van der Waals surface area contributed by atoms with Crippen molar-refractivity contribution in [2.24, 2.45) is 0 Å². The zero-order valence-corrected chi connectivity index (χ0v) is 30.6. The van der Waals surface area contributed by atoms with E-state index >= 15 is 0 Å². The van der Waals surface area contributed by atoms with E-state index in [0.29, 0.717) is 5.56 Å². The molecule has 6 nitrogen and oxygen atoms in total. The summed E-state index contributed by atoms with van der Waals surface area (Å²) in [5.74, 6) is -0.789. The van der Waals surface area contributed by atoms with Crippen LogP contribution in [-0.2, 0) is 32.0 Å². The van der Waals surface area contributed by atoms with Crippen molar-refractivity contribution in [3.05, 3.63) is 215 Å². The fourth-order valence-electron chi connectivity index (χ4n) is 6.96. The van der Waals surface area contributed by atoms with Gasteiger partial charge in [0.1, 0.15) is 18.4 Å². The van der Waals surface area contributed by atoms with Gasteiger partial charge in [0.2, 0.25) is 0 Å². The normalized spacial score (nSPS) is 12.6. The number of allylic oxidation sites excluding steroid dienone is 2. The highest BCUT2D eigenvalue weighted by molar-refractivity contribution is 8.00. The van der Waals surface area contributed by atoms with Gasteiger partial charge in [-0.15, -0.1) is 11.8 Å². The number of fused-ring (bicyclic) bond motifs is 3. The summed E-state index contributed by atoms with van der Waals surface area (Å²) in [6.07, 6.45) is 1.29. The Morgan fingerprint density at radius 1 is 0.685 bits per heavy atom. The van der Waals surface area contributed by atoms with Crippen molar-refractivity contribution in [2.45, 2.75) is 30.7 Å². The number of amides is 1. The Labute approximate surface area is 319 Å². The molecule has 0 fully saturated rings. The van der Waals surface area contributed by atoms with E-state index in [1.165, 1.54) is 29.0 Å². The van der Waals surface area contributed by atoms with Crippen LogP contribution in [0.4, 0.5) is 4.79 Å². The molecule has 0 unspecified atom stereocenters. The quantitative estimate of drug-likeness (QED) is 0.0419. The summed E-state index contributed by atoms with van der Waals surface area (Å²) in [5.41, 5.74) is 9.07. The number of hydrogen-bond donors (Lipinski definition) is 1. The molecule has 1 aliphatic carbocycles. The lowest BCUT2D eigenvalue weighted by atomic mass is 9.84. The van der Waals surface area contributed by atoms with E-state index in [9.17, 15) is 14.4 Å². The highest BCUT2D eigenvalue weighted by Gasteiger charge is 2.39. The molecule has 1 atom stereocenters. The van der Waals surface area contributed by atoms with E-state index in [1.807, 2.05) is 84.9 Å². The molecular weight excluding hydrogens is 691 g/mol. The molecule has 0 saturated heterocycles. The molecule has 6 aromatic carbocycles. The second kappa shape index (κ2) is 16.7. The molecule has 1 aliphatic rings. The molecule has 0 aliphatic heterocycles. The van der Waals surface area contributed by atoms with Crippen molar-refractivity contribution in [1.82, 2.24) is 5.32 Å². The lowest BCUT2D eigenvalue weighted by molar-refractivity contribution is -0.141. The van der Waals surface area contributed by atoms with Crippen molar-refractivity contribution in [1.29, 1.82) is 0 Å². The number of esters is 1. The van der Waals surface area contributed by atoms with E-state index in [0.717, 1.165) is 39.8 Å². The number of thioether (sulfide) groups is 1. The van der Waals surface area contributed by atoms with Gasteiger partial charge < -0.3 is 14.8 Å². The molecule has 0 radical (unpaired) electrons. The molecule has 54 heavy (non-hydrogen) atoms. The van der Waals surface area contributed by atoms with Gasteiger partial charge in [0.15, 0.2) is 5.78 Å². The number of alkyl carbamates (subject to hydrolysis) is 1. The molecule has 0 bridgehead atoms. The van der Waals surface area contributed by atoms with Crippen molar-refractivity contribution >= 4 is 29.6 Å². The van der Waals surface area contributed by atoms with Crippen molar-refractivity contribution in [3.8, 4) is 11.1 Å². The Kier molecular flexibility index (Phi) is 11.2. The molecule has 1 N–H and O–H groups in total. The van der Waals surface area contributed by atoms with Crippen molar-refractivity contribution < 1.29 is 23.9 Å². The number of ether oxygens (including phenoxy) is 2. The smallest absolute Gasteiger partial charge is 0.408 e. The maximum absolute atomic E-state index is 14.0. The zero-order chi connectivity index (χ0) is 37.3. The van der Waals surface area contributed by atoms with Gasteiger partial charge in [-0.05, 0) is 57.9 Å². The lowest BCUT2D eigenvalue weighted by Crippen LogP contribution is -2.45. The average molecular weight is 730 g/mol. The van der Waals surface area contributed by atoms with E-state index in [1.54, 1.807) is 31.2 Å². The van der Waals surface area contributed by atoms with Gasteiger partial charge in [-0.25, -0.2) is 9.59 Å². The summed E-state index contributed by atoms with van der Waals surface area (Å²) in [7, 11) is 0.